The maximum Gasteiger partial charge on any atom is 0.246 e. The van der Waals surface area contributed by atoms with Crippen LogP contribution in [0.4, 0.5) is 4.39 Å². The first-order valence-electron chi connectivity index (χ1n) is 8.57. The van der Waals surface area contributed by atoms with Gasteiger partial charge in [-0.15, -0.1) is 0 Å². The van der Waals surface area contributed by atoms with Gasteiger partial charge in [-0.05, 0) is 19.4 Å². The van der Waals surface area contributed by atoms with Gasteiger partial charge in [0.2, 0.25) is 10.0 Å². The minimum atomic E-state index is -3.95. The second-order valence-electron chi connectivity index (χ2n) is 6.08. The number of hydrogen-bond acceptors (Lipinski definition) is 6. The average Bonchev–Trinajstić information content (AvgIpc) is 2.87. The zero-order chi connectivity index (χ0) is 19.2. The summed E-state index contributed by atoms with van der Waals surface area (Å²) < 4.78 is 56.8. The van der Waals surface area contributed by atoms with Crippen LogP contribution in [0.5, 0.6) is 11.5 Å². The van der Waals surface area contributed by atoms with Crippen molar-refractivity contribution in [3.63, 3.8) is 0 Å². The van der Waals surface area contributed by atoms with Crippen LogP contribution in [-0.2, 0) is 14.8 Å². The van der Waals surface area contributed by atoms with Gasteiger partial charge in [0, 0.05) is 52.0 Å². The van der Waals surface area contributed by atoms with E-state index in [1.54, 1.807) is 7.11 Å². The van der Waals surface area contributed by atoms with Gasteiger partial charge in [0.1, 0.15) is 10.7 Å². The van der Waals surface area contributed by atoms with Crippen LogP contribution in [0.25, 0.3) is 0 Å². The van der Waals surface area contributed by atoms with Crippen LogP contribution in [0.1, 0.15) is 12.8 Å². The molecule has 26 heavy (non-hydrogen) atoms. The SMILES string of the molecule is COCCCN1CCCN(S(=O)(=O)c2cc(OC)c(OC)cc2F)CC1. The van der Waals surface area contributed by atoms with E-state index in [-0.39, 0.29) is 16.4 Å². The van der Waals surface area contributed by atoms with E-state index in [1.807, 2.05) is 0 Å². The van der Waals surface area contributed by atoms with Gasteiger partial charge in [-0.1, -0.05) is 0 Å². The lowest BCUT2D eigenvalue weighted by atomic mass is 10.3. The van der Waals surface area contributed by atoms with E-state index >= 15 is 0 Å². The number of benzene rings is 1. The van der Waals surface area contributed by atoms with Crippen LogP contribution in [0.15, 0.2) is 17.0 Å². The topological polar surface area (TPSA) is 68.3 Å². The highest BCUT2D eigenvalue weighted by molar-refractivity contribution is 7.89. The normalized spacial score (nSPS) is 17.1. The van der Waals surface area contributed by atoms with Crippen molar-refractivity contribution in [1.29, 1.82) is 0 Å². The summed E-state index contributed by atoms with van der Waals surface area (Å²) in [5.74, 6) is -0.503. The van der Waals surface area contributed by atoms with Gasteiger partial charge < -0.3 is 19.1 Å². The Morgan fingerprint density at radius 1 is 1.04 bits per heavy atom. The molecular weight excluding hydrogens is 363 g/mol. The van der Waals surface area contributed by atoms with Gasteiger partial charge in [0.25, 0.3) is 0 Å². The van der Waals surface area contributed by atoms with Crippen LogP contribution in [-0.4, -0.2) is 78.3 Å². The average molecular weight is 390 g/mol. The second kappa shape index (κ2) is 9.50. The van der Waals surface area contributed by atoms with Crippen molar-refractivity contribution in [1.82, 2.24) is 9.21 Å². The van der Waals surface area contributed by atoms with Gasteiger partial charge in [-0.3, -0.25) is 0 Å². The number of rotatable bonds is 8. The molecule has 0 N–H and O–H groups in total. The van der Waals surface area contributed by atoms with Crippen LogP contribution in [0.2, 0.25) is 0 Å². The summed E-state index contributed by atoms with van der Waals surface area (Å²) in [6, 6.07) is 2.23. The van der Waals surface area contributed by atoms with Crippen molar-refractivity contribution in [2.45, 2.75) is 17.7 Å². The zero-order valence-corrected chi connectivity index (χ0v) is 16.3. The van der Waals surface area contributed by atoms with Gasteiger partial charge in [-0.25, -0.2) is 12.8 Å². The summed E-state index contributed by atoms with van der Waals surface area (Å²) >= 11 is 0. The van der Waals surface area contributed by atoms with E-state index in [2.05, 4.69) is 4.90 Å². The number of sulfonamides is 1. The maximum atomic E-state index is 14.4. The molecule has 0 unspecified atom stereocenters. The first kappa shape index (κ1) is 20.9. The summed E-state index contributed by atoms with van der Waals surface area (Å²) in [6.07, 6.45) is 1.59. The van der Waals surface area contributed by atoms with Crippen LogP contribution < -0.4 is 9.47 Å². The lowest BCUT2D eigenvalue weighted by Crippen LogP contribution is -2.36. The molecule has 0 radical (unpaired) electrons. The van der Waals surface area contributed by atoms with E-state index in [9.17, 15) is 12.8 Å². The highest BCUT2D eigenvalue weighted by Gasteiger charge is 2.30. The molecule has 0 saturated carbocycles. The standard InChI is InChI=1S/C17H27FN2O5S/c1-23-11-5-7-19-6-4-8-20(10-9-19)26(21,22)17-13-16(25-3)15(24-2)12-14(17)18/h12-13H,4-11H2,1-3H3. The molecule has 1 saturated heterocycles. The predicted octanol–water partition coefficient (Wildman–Crippen LogP) is 1.58. The summed E-state index contributed by atoms with van der Waals surface area (Å²) in [6.45, 7) is 3.63. The Labute approximate surface area is 154 Å². The van der Waals surface area contributed by atoms with Crippen LogP contribution >= 0.6 is 0 Å². The van der Waals surface area contributed by atoms with Crippen LogP contribution in [0, 0.1) is 5.82 Å². The van der Waals surface area contributed by atoms with Crippen molar-refractivity contribution in [3.8, 4) is 11.5 Å². The highest BCUT2D eigenvalue weighted by Crippen LogP contribution is 2.33. The molecule has 1 aromatic carbocycles. The Kier molecular flexibility index (Phi) is 7.63. The minimum absolute atomic E-state index is 0.157. The summed E-state index contributed by atoms with van der Waals surface area (Å²) in [7, 11) is 0.469. The molecule has 0 spiro atoms. The number of nitrogens with zero attached hydrogens (tertiary/aromatic N) is 2. The summed E-state index contributed by atoms with van der Waals surface area (Å²) in [5.41, 5.74) is 0. The minimum Gasteiger partial charge on any atom is -0.493 e. The molecule has 148 valence electrons. The molecule has 1 aromatic rings. The van der Waals surface area contributed by atoms with Crippen molar-refractivity contribution in [2.24, 2.45) is 0 Å². The van der Waals surface area contributed by atoms with E-state index in [0.717, 1.165) is 25.6 Å². The van der Waals surface area contributed by atoms with Crippen molar-refractivity contribution < 1.29 is 27.0 Å². The fourth-order valence-electron chi connectivity index (χ4n) is 3.02. The summed E-state index contributed by atoms with van der Waals surface area (Å²) in [5, 5.41) is 0. The zero-order valence-electron chi connectivity index (χ0n) is 15.5. The van der Waals surface area contributed by atoms with E-state index < -0.39 is 15.8 Å². The molecule has 7 nitrogen and oxygen atoms in total. The fourth-order valence-corrected chi connectivity index (χ4v) is 4.55. The van der Waals surface area contributed by atoms with Crippen molar-refractivity contribution in [3.05, 3.63) is 17.9 Å². The first-order chi connectivity index (χ1) is 12.4. The van der Waals surface area contributed by atoms with Crippen LogP contribution in [0.3, 0.4) is 0 Å². The third-order valence-corrected chi connectivity index (χ3v) is 6.34. The molecule has 1 aliphatic rings. The van der Waals surface area contributed by atoms with Gasteiger partial charge in [0.15, 0.2) is 11.5 Å². The molecule has 9 heteroatoms. The second-order valence-corrected chi connectivity index (χ2v) is 7.99. The van der Waals surface area contributed by atoms with Gasteiger partial charge >= 0.3 is 0 Å². The molecule has 0 amide bonds. The Morgan fingerprint density at radius 2 is 1.73 bits per heavy atom. The molecule has 1 heterocycles. The number of methoxy groups -OCH3 is 3. The molecule has 0 atom stereocenters. The molecule has 0 aliphatic carbocycles. The Morgan fingerprint density at radius 3 is 2.38 bits per heavy atom. The van der Waals surface area contributed by atoms with E-state index in [0.29, 0.717) is 32.7 Å². The van der Waals surface area contributed by atoms with E-state index in [1.165, 1.54) is 24.6 Å². The van der Waals surface area contributed by atoms with E-state index in [4.69, 9.17) is 14.2 Å². The molecule has 1 aliphatic heterocycles. The molecule has 1 fully saturated rings. The third-order valence-electron chi connectivity index (χ3n) is 4.43. The lowest BCUT2D eigenvalue weighted by Gasteiger charge is -2.22. The third kappa shape index (κ3) is 4.85. The number of ether oxygens (including phenoxy) is 3. The smallest absolute Gasteiger partial charge is 0.246 e. The summed E-state index contributed by atoms with van der Waals surface area (Å²) in [4.78, 5) is 1.82. The van der Waals surface area contributed by atoms with Gasteiger partial charge in [0.05, 0.1) is 14.2 Å². The van der Waals surface area contributed by atoms with Crippen molar-refractivity contribution >= 4 is 10.0 Å². The highest BCUT2D eigenvalue weighted by atomic mass is 32.2. The molecule has 0 aromatic heterocycles. The molecule has 2 rings (SSSR count). The fraction of sp³-hybridized carbons (Fsp3) is 0.647. The lowest BCUT2D eigenvalue weighted by molar-refractivity contribution is 0.173. The predicted molar refractivity (Wildman–Crippen MR) is 95.8 cm³/mol. The number of hydrogen-bond donors (Lipinski definition) is 0. The first-order valence-corrected chi connectivity index (χ1v) is 10.0. The Balaban J connectivity index is 2.17. The van der Waals surface area contributed by atoms with Gasteiger partial charge in [-0.2, -0.15) is 4.31 Å². The number of halogens is 1. The quantitative estimate of drug-likeness (QED) is 0.628. The molecule has 0 bridgehead atoms. The Bertz CT molecular complexity index is 699. The maximum absolute atomic E-state index is 14.4. The largest absolute Gasteiger partial charge is 0.493 e. The Hall–Kier alpha value is -1.42. The molecular formula is C17H27FN2O5S. The monoisotopic (exact) mass is 390 g/mol. The van der Waals surface area contributed by atoms with Crippen molar-refractivity contribution in [2.75, 3.05) is 60.7 Å².